The topological polar surface area (TPSA) is 71.5 Å². The second kappa shape index (κ2) is 7.09. The average Bonchev–Trinajstić information content (AvgIpc) is 2.45. The van der Waals surface area contributed by atoms with E-state index in [1.807, 2.05) is 0 Å². The van der Waals surface area contributed by atoms with Crippen molar-refractivity contribution in [3.8, 4) is 5.75 Å². The molecule has 1 aromatic rings. The van der Waals surface area contributed by atoms with Crippen molar-refractivity contribution in [1.82, 2.24) is 10.3 Å². The van der Waals surface area contributed by atoms with Gasteiger partial charge in [0.1, 0.15) is 5.75 Å². The van der Waals surface area contributed by atoms with Gasteiger partial charge in [0.05, 0.1) is 24.5 Å². The third-order valence-electron chi connectivity index (χ3n) is 3.34. The second-order valence-electron chi connectivity index (χ2n) is 4.78. The predicted octanol–water partition coefficient (Wildman–Crippen LogP) is 1.87. The average molecular weight is 264 g/mol. The van der Waals surface area contributed by atoms with Crippen molar-refractivity contribution >= 4 is 5.91 Å². The molecule has 0 bridgehead atoms. The fraction of sp³-hybridized carbons (Fsp3) is 0.571. The number of hydrogen-bond acceptors (Lipinski definition) is 4. The summed E-state index contributed by atoms with van der Waals surface area (Å²) in [6, 6.07) is 1.49. The summed E-state index contributed by atoms with van der Waals surface area (Å²) in [5.41, 5.74) is 0.243. The van der Waals surface area contributed by atoms with Crippen molar-refractivity contribution in [3.05, 3.63) is 24.0 Å². The van der Waals surface area contributed by atoms with Crippen LogP contribution in [0.5, 0.6) is 5.75 Å². The van der Waals surface area contributed by atoms with Gasteiger partial charge in [-0.15, -0.1) is 0 Å². The molecule has 0 spiro atoms. The van der Waals surface area contributed by atoms with Crippen LogP contribution in [-0.4, -0.2) is 35.3 Å². The molecule has 1 fully saturated rings. The summed E-state index contributed by atoms with van der Waals surface area (Å²) in [5.74, 6) is -0.402. The minimum atomic E-state index is -0.299. The minimum Gasteiger partial charge on any atom is -0.505 e. The van der Waals surface area contributed by atoms with Crippen LogP contribution in [-0.2, 0) is 4.74 Å². The second-order valence-corrected chi connectivity index (χ2v) is 4.78. The molecule has 19 heavy (non-hydrogen) atoms. The Bertz CT molecular complexity index is 417. The number of amides is 1. The lowest BCUT2D eigenvalue weighted by Gasteiger charge is -2.22. The van der Waals surface area contributed by atoms with Gasteiger partial charge in [0.25, 0.3) is 5.91 Å². The van der Waals surface area contributed by atoms with Gasteiger partial charge in [0, 0.05) is 12.7 Å². The highest BCUT2D eigenvalue weighted by molar-refractivity contribution is 5.96. The van der Waals surface area contributed by atoms with E-state index >= 15 is 0 Å². The van der Waals surface area contributed by atoms with E-state index in [0.29, 0.717) is 19.3 Å². The van der Waals surface area contributed by atoms with E-state index in [9.17, 15) is 9.90 Å². The van der Waals surface area contributed by atoms with Crippen LogP contribution in [0.3, 0.4) is 0 Å². The van der Waals surface area contributed by atoms with E-state index in [2.05, 4.69) is 10.3 Å². The predicted molar refractivity (Wildman–Crippen MR) is 71.1 cm³/mol. The van der Waals surface area contributed by atoms with Crippen LogP contribution >= 0.6 is 0 Å². The third-order valence-corrected chi connectivity index (χ3v) is 3.34. The Balaban J connectivity index is 1.68. The minimum absolute atomic E-state index is 0.104. The quantitative estimate of drug-likeness (QED) is 0.796. The zero-order chi connectivity index (χ0) is 13.5. The van der Waals surface area contributed by atoms with Crippen LogP contribution in [0, 0.1) is 0 Å². The maximum Gasteiger partial charge on any atom is 0.255 e. The molecule has 1 saturated carbocycles. The zero-order valence-electron chi connectivity index (χ0n) is 11.0. The number of pyridine rings is 1. The van der Waals surface area contributed by atoms with Crippen molar-refractivity contribution in [2.45, 2.75) is 38.2 Å². The number of nitrogens with zero attached hydrogens (tertiary/aromatic N) is 1. The summed E-state index contributed by atoms with van der Waals surface area (Å²) in [4.78, 5) is 15.5. The van der Waals surface area contributed by atoms with Gasteiger partial charge in [-0.05, 0) is 18.9 Å². The van der Waals surface area contributed by atoms with Crippen LogP contribution in [0.2, 0.25) is 0 Å². The lowest BCUT2D eigenvalue weighted by atomic mass is 9.98. The number of rotatable bonds is 5. The van der Waals surface area contributed by atoms with E-state index < -0.39 is 0 Å². The van der Waals surface area contributed by atoms with Crippen LogP contribution in [0.15, 0.2) is 18.5 Å². The van der Waals surface area contributed by atoms with Crippen molar-refractivity contribution < 1.29 is 14.6 Å². The number of aromatic nitrogens is 1. The smallest absolute Gasteiger partial charge is 0.255 e. The normalized spacial score (nSPS) is 16.2. The molecule has 0 saturated heterocycles. The number of hydrogen-bond donors (Lipinski definition) is 2. The molecule has 0 aromatic carbocycles. The van der Waals surface area contributed by atoms with Gasteiger partial charge in [-0.3, -0.25) is 9.78 Å². The number of carbonyl (C=O) groups is 1. The summed E-state index contributed by atoms with van der Waals surface area (Å²) in [7, 11) is 0. The fourth-order valence-electron chi connectivity index (χ4n) is 2.30. The summed E-state index contributed by atoms with van der Waals surface area (Å²) < 4.78 is 5.71. The highest BCUT2D eigenvalue weighted by Crippen LogP contribution is 2.19. The highest BCUT2D eigenvalue weighted by atomic mass is 16.5. The summed E-state index contributed by atoms with van der Waals surface area (Å²) in [5, 5.41) is 12.2. The number of aromatic hydroxyl groups is 1. The molecule has 0 atom stereocenters. The number of nitrogens with one attached hydrogen (secondary N) is 1. The maximum absolute atomic E-state index is 11.8. The van der Waals surface area contributed by atoms with Gasteiger partial charge in [-0.25, -0.2) is 0 Å². The number of carbonyl (C=O) groups excluding carboxylic acids is 1. The molecule has 1 aromatic heterocycles. The van der Waals surface area contributed by atoms with Gasteiger partial charge < -0.3 is 15.2 Å². The Kier molecular flexibility index (Phi) is 5.15. The number of ether oxygens (including phenoxy) is 1. The Hall–Kier alpha value is -1.62. The first-order valence-electron chi connectivity index (χ1n) is 6.80. The van der Waals surface area contributed by atoms with E-state index in [0.717, 1.165) is 12.8 Å². The first-order valence-corrected chi connectivity index (χ1v) is 6.80. The molecule has 0 aliphatic heterocycles. The molecule has 5 heteroatoms. The molecule has 0 unspecified atom stereocenters. The van der Waals surface area contributed by atoms with Gasteiger partial charge >= 0.3 is 0 Å². The Morgan fingerprint density at radius 3 is 2.95 bits per heavy atom. The summed E-state index contributed by atoms with van der Waals surface area (Å²) in [6.45, 7) is 0.972. The molecule has 5 nitrogen and oxygen atoms in total. The van der Waals surface area contributed by atoms with E-state index in [1.54, 1.807) is 0 Å². The molecular formula is C14H20N2O3. The van der Waals surface area contributed by atoms with Gasteiger partial charge in [0.2, 0.25) is 0 Å². The van der Waals surface area contributed by atoms with Crippen molar-refractivity contribution in [2.24, 2.45) is 0 Å². The van der Waals surface area contributed by atoms with Crippen molar-refractivity contribution in [2.75, 3.05) is 13.2 Å². The standard InChI is InChI=1S/C14H20N2O3/c17-13-10-15-7-6-12(13)14(18)16-8-9-19-11-4-2-1-3-5-11/h6-7,10-11,17H,1-5,8-9H2,(H,16,18). The first kappa shape index (κ1) is 13.8. The van der Waals surface area contributed by atoms with Crippen LogP contribution < -0.4 is 5.32 Å². The Labute approximate surface area is 113 Å². The molecule has 2 N–H and O–H groups in total. The molecule has 1 amide bonds. The van der Waals surface area contributed by atoms with Gasteiger partial charge in [0.15, 0.2) is 0 Å². The van der Waals surface area contributed by atoms with Crippen LogP contribution in [0.25, 0.3) is 0 Å². The monoisotopic (exact) mass is 264 g/mol. The molecular weight excluding hydrogens is 244 g/mol. The molecule has 1 heterocycles. The largest absolute Gasteiger partial charge is 0.505 e. The Morgan fingerprint density at radius 2 is 2.21 bits per heavy atom. The zero-order valence-corrected chi connectivity index (χ0v) is 11.0. The summed E-state index contributed by atoms with van der Waals surface area (Å²) in [6.07, 6.45) is 9.11. The lowest BCUT2D eigenvalue weighted by Crippen LogP contribution is -2.29. The molecule has 104 valence electrons. The van der Waals surface area contributed by atoms with Crippen LogP contribution in [0.4, 0.5) is 0 Å². The van der Waals surface area contributed by atoms with Gasteiger partial charge in [-0.1, -0.05) is 19.3 Å². The van der Waals surface area contributed by atoms with Crippen molar-refractivity contribution in [3.63, 3.8) is 0 Å². The van der Waals surface area contributed by atoms with E-state index in [1.165, 1.54) is 37.7 Å². The highest BCUT2D eigenvalue weighted by Gasteiger charge is 2.14. The SMILES string of the molecule is O=C(NCCOC1CCCCC1)c1ccncc1O. The third kappa shape index (κ3) is 4.21. The summed E-state index contributed by atoms with van der Waals surface area (Å²) >= 11 is 0. The molecule has 0 radical (unpaired) electrons. The van der Waals surface area contributed by atoms with E-state index in [4.69, 9.17) is 4.74 Å². The lowest BCUT2D eigenvalue weighted by molar-refractivity contribution is 0.0299. The van der Waals surface area contributed by atoms with Crippen LogP contribution in [0.1, 0.15) is 42.5 Å². The van der Waals surface area contributed by atoms with E-state index in [-0.39, 0.29) is 17.2 Å². The first-order chi connectivity index (χ1) is 9.27. The molecule has 1 aliphatic carbocycles. The maximum atomic E-state index is 11.8. The fourth-order valence-corrected chi connectivity index (χ4v) is 2.30. The van der Waals surface area contributed by atoms with Gasteiger partial charge in [-0.2, -0.15) is 0 Å². The molecule has 1 aliphatic rings. The Morgan fingerprint density at radius 1 is 1.42 bits per heavy atom. The molecule has 2 rings (SSSR count). The van der Waals surface area contributed by atoms with Crippen molar-refractivity contribution in [1.29, 1.82) is 0 Å².